The van der Waals surface area contributed by atoms with Gasteiger partial charge in [0.05, 0.1) is 11.9 Å². The minimum absolute atomic E-state index is 0.00686. The van der Waals surface area contributed by atoms with Crippen LogP contribution in [-0.4, -0.2) is 22.2 Å². The maximum absolute atomic E-state index is 12.5. The van der Waals surface area contributed by atoms with Crippen LogP contribution < -0.4 is 4.90 Å². The third-order valence-electron chi connectivity index (χ3n) is 4.19. The summed E-state index contributed by atoms with van der Waals surface area (Å²) in [6.45, 7) is 0.742. The van der Waals surface area contributed by atoms with Crippen molar-refractivity contribution in [3.63, 3.8) is 0 Å². The maximum Gasteiger partial charge on any atom is 0.251 e. The summed E-state index contributed by atoms with van der Waals surface area (Å²) in [5.41, 5.74) is 4.15. The Morgan fingerprint density at radius 1 is 1.04 bits per heavy atom. The highest BCUT2D eigenvalue weighted by Gasteiger charge is 2.22. The SMILES string of the molecule is O=C(C=Cc1cnn(-c2ccccc2)c1)N1CCc2ccccc21. The zero-order valence-corrected chi connectivity index (χ0v) is 13.2. The second-order valence-electron chi connectivity index (χ2n) is 5.76. The van der Waals surface area contributed by atoms with Gasteiger partial charge >= 0.3 is 0 Å². The van der Waals surface area contributed by atoms with Crippen LogP contribution in [0.4, 0.5) is 5.69 Å². The zero-order chi connectivity index (χ0) is 16.4. The standard InChI is InChI=1S/C20H17N3O/c24-20(22-13-12-17-6-4-5-9-19(17)22)11-10-16-14-21-23(15-16)18-7-2-1-3-8-18/h1-11,14-15H,12-13H2. The fraction of sp³-hybridized carbons (Fsp3) is 0.100. The number of rotatable bonds is 3. The van der Waals surface area contributed by atoms with Gasteiger partial charge in [0.1, 0.15) is 0 Å². The average molecular weight is 315 g/mol. The Labute approximate surface area is 140 Å². The molecule has 2 heterocycles. The monoisotopic (exact) mass is 315 g/mol. The number of amides is 1. The molecule has 2 aromatic carbocycles. The van der Waals surface area contributed by atoms with E-state index in [1.165, 1.54) is 5.56 Å². The molecule has 4 nitrogen and oxygen atoms in total. The number of hydrogen-bond acceptors (Lipinski definition) is 2. The summed E-state index contributed by atoms with van der Waals surface area (Å²) >= 11 is 0. The minimum Gasteiger partial charge on any atom is -0.308 e. The molecule has 0 atom stereocenters. The number of fused-ring (bicyclic) bond motifs is 1. The Morgan fingerprint density at radius 3 is 2.71 bits per heavy atom. The Balaban J connectivity index is 1.50. The average Bonchev–Trinajstić information content (AvgIpc) is 3.27. The van der Waals surface area contributed by atoms with Crippen LogP contribution in [0.5, 0.6) is 0 Å². The molecule has 118 valence electrons. The van der Waals surface area contributed by atoms with Crippen LogP contribution in [-0.2, 0) is 11.2 Å². The second kappa shape index (κ2) is 6.16. The highest BCUT2D eigenvalue weighted by atomic mass is 16.2. The van der Waals surface area contributed by atoms with Crippen molar-refractivity contribution in [3.05, 3.63) is 84.2 Å². The van der Waals surface area contributed by atoms with Crippen molar-refractivity contribution in [1.82, 2.24) is 9.78 Å². The molecule has 0 unspecified atom stereocenters. The van der Waals surface area contributed by atoms with E-state index in [1.54, 1.807) is 17.0 Å². The summed E-state index contributed by atoms with van der Waals surface area (Å²) in [7, 11) is 0. The number of hydrogen-bond donors (Lipinski definition) is 0. The Kier molecular flexibility index (Phi) is 3.71. The van der Waals surface area contributed by atoms with E-state index in [-0.39, 0.29) is 5.91 Å². The van der Waals surface area contributed by atoms with Crippen molar-refractivity contribution >= 4 is 17.7 Å². The molecule has 3 aromatic rings. The first-order valence-corrected chi connectivity index (χ1v) is 7.99. The normalized spacial score (nSPS) is 13.4. The van der Waals surface area contributed by atoms with E-state index in [0.717, 1.165) is 29.9 Å². The lowest BCUT2D eigenvalue weighted by Crippen LogP contribution is -2.26. The molecule has 0 saturated heterocycles. The summed E-state index contributed by atoms with van der Waals surface area (Å²) in [5.74, 6) is 0.00686. The first kappa shape index (κ1) is 14.5. The molecule has 1 amide bonds. The molecule has 24 heavy (non-hydrogen) atoms. The van der Waals surface area contributed by atoms with Gasteiger partial charge in [-0.05, 0) is 36.3 Å². The molecule has 1 aliphatic rings. The smallest absolute Gasteiger partial charge is 0.251 e. The van der Waals surface area contributed by atoms with Gasteiger partial charge < -0.3 is 4.90 Å². The van der Waals surface area contributed by atoms with Crippen LogP contribution in [0, 0.1) is 0 Å². The van der Waals surface area contributed by atoms with E-state index in [9.17, 15) is 4.79 Å². The van der Waals surface area contributed by atoms with Crippen LogP contribution in [0.15, 0.2) is 73.1 Å². The molecular weight excluding hydrogens is 298 g/mol. The van der Waals surface area contributed by atoms with Crippen molar-refractivity contribution in [1.29, 1.82) is 0 Å². The maximum atomic E-state index is 12.5. The molecule has 0 bridgehead atoms. The van der Waals surface area contributed by atoms with Gasteiger partial charge in [0.25, 0.3) is 5.91 Å². The second-order valence-corrected chi connectivity index (χ2v) is 5.76. The summed E-state index contributed by atoms with van der Waals surface area (Å²) in [6, 6.07) is 18.0. The predicted molar refractivity (Wildman–Crippen MR) is 95.1 cm³/mol. The van der Waals surface area contributed by atoms with Gasteiger partial charge in [-0.1, -0.05) is 36.4 Å². The molecule has 1 aliphatic heterocycles. The number of anilines is 1. The van der Waals surface area contributed by atoms with Gasteiger partial charge in [0.15, 0.2) is 0 Å². The fourth-order valence-corrected chi connectivity index (χ4v) is 2.97. The number of benzene rings is 2. The third-order valence-corrected chi connectivity index (χ3v) is 4.19. The van der Waals surface area contributed by atoms with Crippen molar-refractivity contribution < 1.29 is 4.79 Å². The highest BCUT2D eigenvalue weighted by molar-refractivity contribution is 6.05. The van der Waals surface area contributed by atoms with Gasteiger partial charge in [-0.2, -0.15) is 5.10 Å². The van der Waals surface area contributed by atoms with Crippen LogP contribution in [0.1, 0.15) is 11.1 Å². The molecule has 0 radical (unpaired) electrons. The molecule has 0 saturated carbocycles. The summed E-state index contributed by atoms with van der Waals surface area (Å²) in [6.07, 6.45) is 8.03. The number of aromatic nitrogens is 2. The van der Waals surface area contributed by atoms with Crippen LogP contribution >= 0.6 is 0 Å². The summed E-state index contributed by atoms with van der Waals surface area (Å²) in [4.78, 5) is 14.3. The first-order chi connectivity index (χ1) is 11.8. The van der Waals surface area contributed by atoms with Gasteiger partial charge in [-0.3, -0.25) is 4.79 Å². The molecule has 4 rings (SSSR count). The molecule has 0 fully saturated rings. The van der Waals surface area contributed by atoms with E-state index in [0.29, 0.717) is 0 Å². The lowest BCUT2D eigenvalue weighted by Gasteiger charge is -2.14. The summed E-state index contributed by atoms with van der Waals surface area (Å²) < 4.78 is 1.80. The van der Waals surface area contributed by atoms with Crippen molar-refractivity contribution in [2.75, 3.05) is 11.4 Å². The van der Waals surface area contributed by atoms with Gasteiger partial charge in [-0.25, -0.2) is 4.68 Å². The molecule has 0 aliphatic carbocycles. The molecule has 0 N–H and O–H groups in total. The van der Waals surface area contributed by atoms with Crippen molar-refractivity contribution in [2.24, 2.45) is 0 Å². The third kappa shape index (κ3) is 2.74. The van der Waals surface area contributed by atoms with Crippen molar-refractivity contribution in [2.45, 2.75) is 6.42 Å². The van der Waals surface area contributed by atoms with Gasteiger partial charge in [-0.15, -0.1) is 0 Å². The highest BCUT2D eigenvalue weighted by Crippen LogP contribution is 2.27. The topological polar surface area (TPSA) is 38.1 Å². The van der Waals surface area contributed by atoms with Gasteiger partial charge in [0, 0.05) is 30.1 Å². The van der Waals surface area contributed by atoms with E-state index in [4.69, 9.17) is 0 Å². The van der Waals surface area contributed by atoms with E-state index in [2.05, 4.69) is 11.2 Å². The largest absolute Gasteiger partial charge is 0.308 e. The van der Waals surface area contributed by atoms with E-state index < -0.39 is 0 Å². The molecule has 0 spiro atoms. The Bertz CT molecular complexity index is 896. The minimum atomic E-state index is 0.00686. The van der Waals surface area contributed by atoms with Crippen LogP contribution in [0.3, 0.4) is 0 Å². The number of carbonyl (C=O) groups is 1. The van der Waals surface area contributed by atoms with Gasteiger partial charge in [0.2, 0.25) is 0 Å². The first-order valence-electron chi connectivity index (χ1n) is 7.99. The number of nitrogens with zero attached hydrogens (tertiary/aromatic N) is 3. The Hall–Kier alpha value is -3.14. The predicted octanol–water partition coefficient (Wildman–Crippen LogP) is 3.47. The number of para-hydroxylation sites is 2. The Morgan fingerprint density at radius 2 is 1.83 bits per heavy atom. The van der Waals surface area contributed by atoms with E-state index >= 15 is 0 Å². The molecule has 1 aromatic heterocycles. The zero-order valence-electron chi connectivity index (χ0n) is 13.2. The molecule has 4 heteroatoms. The summed E-state index contributed by atoms with van der Waals surface area (Å²) in [5, 5.41) is 4.34. The number of carbonyl (C=O) groups excluding carboxylic acids is 1. The van der Waals surface area contributed by atoms with Crippen LogP contribution in [0.2, 0.25) is 0 Å². The fourth-order valence-electron chi connectivity index (χ4n) is 2.97. The van der Waals surface area contributed by atoms with E-state index in [1.807, 2.05) is 65.7 Å². The molecular formula is C20H17N3O. The quantitative estimate of drug-likeness (QED) is 0.694. The van der Waals surface area contributed by atoms with Crippen molar-refractivity contribution in [3.8, 4) is 5.69 Å². The lowest BCUT2D eigenvalue weighted by atomic mass is 10.2. The van der Waals surface area contributed by atoms with Crippen LogP contribution in [0.25, 0.3) is 11.8 Å². The lowest BCUT2D eigenvalue weighted by molar-refractivity contribution is -0.114.